The van der Waals surface area contributed by atoms with Gasteiger partial charge in [0, 0.05) is 5.33 Å². The Hall–Kier alpha value is 0.465. The molecule has 0 rings (SSSR count). The van der Waals surface area contributed by atoms with Crippen LogP contribution in [0.5, 0.6) is 0 Å². The van der Waals surface area contributed by atoms with Gasteiger partial charge in [-0.1, -0.05) is 28.7 Å². The average Bonchev–Trinajstić information content (AvgIpc) is 2.02. The predicted octanol–water partition coefficient (Wildman–Crippen LogP) is 2.77. The number of unbranched alkanes of at least 4 members (excludes halogenated alkanes) is 1. The van der Waals surface area contributed by atoms with Gasteiger partial charge in [-0.15, -0.1) is 0 Å². The molecule has 1 N–H and O–H groups in total. The van der Waals surface area contributed by atoms with E-state index in [4.69, 9.17) is 4.65 Å². The summed E-state index contributed by atoms with van der Waals surface area (Å²) in [5.74, 6) is 0. The Kier molecular flexibility index (Phi) is 6.34. The van der Waals surface area contributed by atoms with Crippen molar-refractivity contribution in [2.24, 2.45) is 0 Å². The first-order valence-corrected chi connectivity index (χ1v) is 6.21. The summed E-state index contributed by atoms with van der Waals surface area (Å²) in [7, 11) is 1.81. The Morgan fingerprint density at radius 1 is 1.21 bits per heavy atom. The zero-order valence-corrected chi connectivity index (χ0v) is 11.2. The van der Waals surface area contributed by atoms with Crippen LogP contribution in [0.25, 0.3) is 0 Å². The van der Waals surface area contributed by atoms with Crippen LogP contribution in [0.1, 0.15) is 40.5 Å². The maximum atomic E-state index is 9.80. The van der Waals surface area contributed by atoms with Crippen molar-refractivity contribution in [2.75, 3.05) is 5.33 Å². The SMILES string of the molecule is CC(C)(O)C(C)(C)O[B]CCCCBr. The molecule has 0 aromatic heterocycles. The largest absolute Gasteiger partial charge is 0.433 e. The van der Waals surface area contributed by atoms with Gasteiger partial charge < -0.3 is 9.76 Å². The molecular weight excluding hydrogens is 243 g/mol. The summed E-state index contributed by atoms with van der Waals surface area (Å²) in [5, 5.41) is 10.8. The molecule has 0 unspecified atom stereocenters. The molecule has 0 atom stereocenters. The molecule has 0 spiro atoms. The molecule has 0 aromatic carbocycles. The van der Waals surface area contributed by atoms with Gasteiger partial charge in [-0.25, -0.2) is 0 Å². The van der Waals surface area contributed by atoms with E-state index >= 15 is 0 Å². The maximum Gasteiger partial charge on any atom is 0.293 e. The zero-order valence-electron chi connectivity index (χ0n) is 9.64. The van der Waals surface area contributed by atoms with Crippen molar-refractivity contribution in [3.63, 3.8) is 0 Å². The van der Waals surface area contributed by atoms with Crippen molar-refractivity contribution >= 4 is 23.4 Å². The first kappa shape index (κ1) is 14.5. The van der Waals surface area contributed by atoms with Crippen LogP contribution in [0.2, 0.25) is 6.32 Å². The van der Waals surface area contributed by atoms with Crippen LogP contribution < -0.4 is 0 Å². The van der Waals surface area contributed by atoms with Gasteiger partial charge >= 0.3 is 0 Å². The fourth-order valence-electron chi connectivity index (χ4n) is 0.734. The fourth-order valence-corrected chi connectivity index (χ4v) is 1.13. The minimum atomic E-state index is -0.821. The van der Waals surface area contributed by atoms with Gasteiger partial charge in [0.05, 0.1) is 11.2 Å². The van der Waals surface area contributed by atoms with Gasteiger partial charge in [-0.05, 0) is 34.1 Å². The summed E-state index contributed by atoms with van der Waals surface area (Å²) in [6, 6.07) is 0. The molecule has 4 heteroatoms. The second kappa shape index (κ2) is 6.14. The second-order valence-corrected chi connectivity index (χ2v) is 5.33. The predicted molar refractivity (Wildman–Crippen MR) is 65.1 cm³/mol. The van der Waals surface area contributed by atoms with Crippen LogP contribution in [0.4, 0.5) is 0 Å². The zero-order chi connectivity index (χ0) is 11.2. The topological polar surface area (TPSA) is 29.5 Å². The van der Waals surface area contributed by atoms with E-state index in [1.54, 1.807) is 21.3 Å². The Labute approximate surface area is 96.8 Å². The monoisotopic (exact) mass is 263 g/mol. The van der Waals surface area contributed by atoms with Crippen LogP contribution in [-0.4, -0.2) is 29.1 Å². The van der Waals surface area contributed by atoms with Gasteiger partial charge in [0.1, 0.15) is 0 Å². The molecule has 0 aromatic rings. The molecule has 1 radical (unpaired) electrons. The lowest BCUT2D eigenvalue weighted by atomic mass is 9.84. The average molecular weight is 264 g/mol. The highest BCUT2D eigenvalue weighted by Crippen LogP contribution is 2.24. The van der Waals surface area contributed by atoms with Crippen molar-refractivity contribution in [1.29, 1.82) is 0 Å². The van der Waals surface area contributed by atoms with E-state index in [2.05, 4.69) is 15.9 Å². The van der Waals surface area contributed by atoms with Crippen molar-refractivity contribution < 1.29 is 9.76 Å². The molecule has 0 amide bonds. The van der Waals surface area contributed by atoms with Crippen molar-refractivity contribution in [2.45, 2.75) is 58.1 Å². The molecule has 0 bridgehead atoms. The molecule has 0 aliphatic carbocycles. The van der Waals surface area contributed by atoms with E-state index in [9.17, 15) is 5.11 Å². The Morgan fingerprint density at radius 3 is 2.21 bits per heavy atom. The molecule has 14 heavy (non-hydrogen) atoms. The van der Waals surface area contributed by atoms with Gasteiger partial charge in [0.25, 0.3) is 7.48 Å². The molecule has 0 saturated carbocycles. The minimum absolute atomic E-state index is 0.526. The van der Waals surface area contributed by atoms with Crippen molar-refractivity contribution in [3.05, 3.63) is 0 Å². The van der Waals surface area contributed by atoms with Crippen molar-refractivity contribution in [1.82, 2.24) is 0 Å². The first-order chi connectivity index (χ1) is 6.31. The lowest BCUT2D eigenvalue weighted by Gasteiger charge is -2.37. The van der Waals surface area contributed by atoms with Crippen LogP contribution in [-0.2, 0) is 4.65 Å². The molecule has 0 aliphatic heterocycles. The Morgan fingerprint density at radius 2 is 1.79 bits per heavy atom. The molecular formula is C10H21BBrO2. The van der Waals surface area contributed by atoms with Crippen LogP contribution in [0.3, 0.4) is 0 Å². The molecule has 0 aliphatic rings. The van der Waals surface area contributed by atoms with Gasteiger partial charge in [0.2, 0.25) is 0 Å². The molecule has 0 saturated heterocycles. The highest BCUT2D eigenvalue weighted by atomic mass is 79.9. The van der Waals surface area contributed by atoms with Crippen LogP contribution >= 0.6 is 15.9 Å². The summed E-state index contributed by atoms with van der Waals surface area (Å²) in [4.78, 5) is 0. The number of rotatable bonds is 7. The highest BCUT2D eigenvalue weighted by molar-refractivity contribution is 9.09. The third-order valence-electron chi connectivity index (χ3n) is 2.56. The number of aliphatic hydroxyl groups is 1. The summed E-state index contributed by atoms with van der Waals surface area (Å²) in [5.41, 5.74) is -1.35. The fraction of sp³-hybridized carbons (Fsp3) is 1.00. The quantitative estimate of drug-likeness (QED) is 0.435. The normalized spacial score (nSPS) is 13.0. The molecule has 83 valence electrons. The summed E-state index contributed by atoms with van der Waals surface area (Å²) >= 11 is 3.38. The van der Waals surface area contributed by atoms with Gasteiger partial charge in [0.15, 0.2) is 0 Å². The maximum absolute atomic E-state index is 9.80. The minimum Gasteiger partial charge on any atom is -0.433 e. The van der Waals surface area contributed by atoms with E-state index in [0.717, 1.165) is 24.5 Å². The van der Waals surface area contributed by atoms with E-state index in [0.29, 0.717) is 0 Å². The summed E-state index contributed by atoms with van der Waals surface area (Å²) in [6.45, 7) is 7.32. The van der Waals surface area contributed by atoms with Crippen LogP contribution in [0.15, 0.2) is 0 Å². The van der Waals surface area contributed by atoms with E-state index < -0.39 is 11.2 Å². The van der Waals surface area contributed by atoms with E-state index in [1.165, 1.54) is 0 Å². The standard InChI is InChI=1S/C10H21BBrO2/c1-9(2,13)10(3,4)14-11-7-5-6-8-12/h13H,5-8H2,1-4H3. The van der Waals surface area contributed by atoms with E-state index in [-0.39, 0.29) is 0 Å². The smallest absolute Gasteiger partial charge is 0.293 e. The Bertz CT molecular complexity index is 155. The van der Waals surface area contributed by atoms with Gasteiger partial charge in [-0.3, -0.25) is 0 Å². The Balaban J connectivity index is 3.67. The van der Waals surface area contributed by atoms with Crippen LogP contribution in [0, 0.1) is 0 Å². The summed E-state index contributed by atoms with van der Waals surface area (Å²) in [6.07, 6.45) is 3.21. The highest BCUT2D eigenvalue weighted by Gasteiger charge is 2.35. The number of halogens is 1. The summed E-state index contributed by atoms with van der Waals surface area (Å²) < 4.78 is 5.55. The molecule has 0 heterocycles. The molecule has 0 fully saturated rings. The van der Waals surface area contributed by atoms with Gasteiger partial charge in [-0.2, -0.15) is 0 Å². The number of hydrogen-bond acceptors (Lipinski definition) is 2. The lowest BCUT2D eigenvalue weighted by molar-refractivity contribution is -0.0903. The molecule has 2 nitrogen and oxygen atoms in total. The third-order valence-corrected chi connectivity index (χ3v) is 3.12. The lowest BCUT2D eigenvalue weighted by Crippen LogP contribution is -2.47. The number of hydrogen-bond donors (Lipinski definition) is 1. The second-order valence-electron chi connectivity index (χ2n) is 4.54. The number of alkyl halides is 1. The third kappa shape index (κ3) is 5.37. The van der Waals surface area contributed by atoms with Crippen molar-refractivity contribution in [3.8, 4) is 0 Å². The first-order valence-electron chi connectivity index (χ1n) is 5.09. The van der Waals surface area contributed by atoms with E-state index in [1.807, 2.05) is 13.8 Å².